The van der Waals surface area contributed by atoms with E-state index in [9.17, 15) is 4.39 Å². The SMILES string of the molecule is Cc1oc2nc(CN(C)Cc3cccc(F)c3)nc(N)c2c1C. The van der Waals surface area contributed by atoms with Crippen LogP contribution in [-0.2, 0) is 13.1 Å². The number of nitrogens with two attached hydrogens (primary N) is 1. The molecule has 0 radical (unpaired) electrons. The van der Waals surface area contributed by atoms with Gasteiger partial charge in [0, 0.05) is 12.1 Å². The van der Waals surface area contributed by atoms with Crippen LogP contribution < -0.4 is 5.73 Å². The number of nitrogens with zero attached hydrogens (tertiary/aromatic N) is 3. The molecule has 0 aliphatic heterocycles. The molecule has 6 heteroatoms. The molecule has 2 N–H and O–H groups in total. The maximum Gasteiger partial charge on any atom is 0.231 e. The van der Waals surface area contributed by atoms with Gasteiger partial charge in [0.1, 0.15) is 23.2 Å². The zero-order valence-corrected chi connectivity index (χ0v) is 13.4. The van der Waals surface area contributed by atoms with Crippen molar-refractivity contribution in [1.29, 1.82) is 0 Å². The Morgan fingerprint density at radius 3 is 2.74 bits per heavy atom. The van der Waals surface area contributed by atoms with Crippen molar-refractivity contribution in [3.63, 3.8) is 0 Å². The number of aromatic nitrogens is 2. The van der Waals surface area contributed by atoms with Crippen LogP contribution in [0.4, 0.5) is 10.2 Å². The highest BCUT2D eigenvalue weighted by Crippen LogP contribution is 2.27. The maximum absolute atomic E-state index is 13.2. The smallest absolute Gasteiger partial charge is 0.231 e. The maximum atomic E-state index is 13.2. The average Bonchev–Trinajstić information content (AvgIpc) is 2.74. The predicted molar refractivity (Wildman–Crippen MR) is 87.3 cm³/mol. The number of furan rings is 1. The molecule has 0 unspecified atom stereocenters. The summed E-state index contributed by atoms with van der Waals surface area (Å²) in [6, 6.07) is 6.54. The molecule has 2 heterocycles. The minimum atomic E-state index is -0.237. The monoisotopic (exact) mass is 314 g/mol. The van der Waals surface area contributed by atoms with E-state index in [1.165, 1.54) is 12.1 Å². The third-order valence-electron chi connectivity index (χ3n) is 3.86. The molecule has 0 spiro atoms. The van der Waals surface area contributed by atoms with Crippen molar-refractivity contribution in [2.45, 2.75) is 26.9 Å². The lowest BCUT2D eigenvalue weighted by molar-refractivity contribution is 0.310. The highest BCUT2D eigenvalue weighted by molar-refractivity contribution is 5.88. The van der Waals surface area contributed by atoms with Gasteiger partial charge < -0.3 is 10.2 Å². The van der Waals surface area contributed by atoms with Gasteiger partial charge >= 0.3 is 0 Å². The molecular formula is C17H19FN4O. The lowest BCUT2D eigenvalue weighted by Crippen LogP contribution is -2.19. The summed E-state index contributed by atoms with van der Waals surface area (Å²) in [5.41, 5.74) is 8.42. The lowest BCUT2D eigenvalue weighted by Gasteiger charge is -2.16. The van der Waals surface area contributed by atoms with Gasteiger partial charge in [0.15, 0.2) is 0 Å². The van der Waals surface area contributed by atoms with E-state index >= 15 is 0 Å². The van der Waals surface area contributed by atoms with Gasteiger partial charge in [-0.1, -0.05) is 12.1 Å². The van der Waals surface area contributed by atoms with Crippen LogP contribution in [0.5, 0.6) is 0 Å². The Hall–Kier alpha value is -2.47. The first-order valence-corrected chi connectivity index (χ1v) is 7.39. The second-order valence-electron chi connectivity index (χ2n) is 5.79. The molecule has 0 saturated heterocycles. The number of benzene rings is 1. The zero-order chi connectivity index (χ0) is 16.6. The minimum absolute atomic E-state index is 0.237. The Balaban J connectivity index is 1.81. The van der Waals surface area contributed by atoms with Gasteiger partial charge in [0.2, 0.25) is 5.71 Å². The Bertz CT molecular complexity index is 859. The van der Waals surface area contributed by atoms with Gasteiger partial charge in [-0.2, -0.15) is 4.98 Å². The first-order chi connectivity index (χ1) is 10.9. The van der Waals surface area contributed by atoms with E-state index in [1.54, 1.807) is 6.07 Å². The van der Waals surface area contributed by atoms with Crippen LogP contribution >= 0.6 is 0 Å². The van der Waals surface area contributed by atoms with Crippen molar-refractivity contribution < 1.29 is 8.81 Å². The lowest BCUT2D eigenvalue weighted by atomic mass is 10.2. The topological polar surface area (TPSA) is 68.2 Å². The van der Waals surface area contributed by atoms with Crippen molar-refractivity contribution in [1.82, 2.24) is 14.9 Å². The van der Waals surface area contributed by atoms with E-state index in [2.05, 4.69) is 9.97 Å². The highest BCUT2D eigenvalue weighted by atomic mass is 19.1. The number of rotatable bonds is 4. The molecular weight excluding hydrogens is 295 g/mol. The Morgan fingerprint density at radius 2 is 2.00 bits per heavy atom. The second kappa shape index (κ2) is 5.96. The van der Waals surface area contributed by atoms with Gasteiger partial charge in [0.05, 0.1) is 11.9 Å². The summed E-state index contributed by atoms with van der Waals surface area (Å²) < 4.78 is 18.9. The molecule has 5 nitrogen and oxygen atoms in total. The summed E-state index contributed by atoms with van der Waals surface area (Å²) in [5.74, 6) is 1.58. The van der Waals surface area contributed by atoms with Crippen LogP contribution in [0, 0.1) is 19.7 Å². The van der Waals surface area contributed by atoms with Crippen molar-refractivity contribution in [3.8, 4) is 0 Å². The van der Waals surface area contributed by atoms with E-state index in [-0.39, 0.29) is 5.82 Å². The number of halogens is 1. The number of nitrogen functional groups attached to an aromatic ring is 1. The summed E-state index contributed by atoms with van der Waals surface area (Å²) in [4.78, 5) is 10.8. The van der Waals surface area contributed by atoms with Crippen molar-refractivity contribution in [2.75, 3.05) is 12.8 Å². The summed E-state index contributed by atoms with van der Waals surface area (Å²) in [6.45, 7) is 4.91. The summed E-state index contributed by atoms with van der Waals surface area (Å²) in [7, 11) is 1.92. The molecule has 0 bridgehead atoms. The van der Waals surface area contributed by atoms with Crippen molar-refractivity contribution >= 4 is 16.9 Å². The molecule has 0 atom stereocenters. The van der Waals surface area contributed by atoms with Crippen LogP contribution in [0.3, 0.4) is 0 Å². The van der Waals surface area contributed by atoms with E-state index in [4.69, 9.17) is 10.2 Å². The zero-order valence-electron chi connectivity index (χ0n) is 13.4. The van der Waals surface area contributed by atoms with E-state index in [1.807, 2.05) is 31.9 Å². The van der Waals surface area contributed by atoms with Gasteiger partial charge in [-0.05, 0) is 38.6 Å². The average molecular weight is 314 g/mol. The predicted octanol–water partition coefficient (Wildman–Crippen LogP) is 3.19. The van der Waals surface area contributed by atoms with Gasteiger partial charge in [0.25, 0.3) is 0 Å². The molecule has 0 saturated carbocycles. The Morgan fingerprint density at radius 1 is 1.22 bits per heavy atom. The highest BCUT2D eigenvalue weighted by Gasteiger charge is 2.15. The summed E-state index contributed by atoms with van der Waals surface area (Å²) >= 11 is 0. The molecule has 0 aliphatic carbocycles. The molecule has 3 aromatic rings. The van der Waals surface area contributed by atoms with Crippen molar-refractivity contribution in [2.24, 2.45) is 0 Å². The van der Waals surface area contributed by atoms with Gasteiger partial charge in [-0.25, -0.2) is 9.37 Å². The Kier molecular flexibility index (Phi) is 4.00. The van der Waals surface area contributed by atoms with E-state index in [0.717, 1.165) is 22.3 Å². The number of hydrogen-bond donors (Lipinski definition) is 1. The van der Waals surface area contributed by atoms with Crippen molar-refractivity contribution in [3.05, 3.63) is 52.8 Å². The number of fused-ring (bicyclic) bond motifs is 1. The fraction of sp³-hybridized carbons (Fsp3) is 0.294. The molecule has 23 heavy (non-hydrogen) atoms. The largest absolute Gasteiger partial charge is 0.443 e. The molecule has 0 amide bonds. The Labute approximate surface area is 133 Å². The number of anilines is 1. The van der Waals surface area contributed by atoms with Crippen LogP contribution in [0.2, 0.25) is 0 Å². The summed E-state index contributed by atoms with van der Waals surface area (Å²) in [5, 5.41) is 0.777. The molecule has 3 rings (SSSR count). The molecule has 120 valence electrons. The fourth-order valence-electron chi connectivity index (χ4n) is 2.64. The third kappa shape index (κ3) is 3.17. The molecule has 1 aromatic carbocycles. The number of aryl methyl sites for hydroxylation is 2. The van der Waals surface area contributed by atoms with Crippen LogP contribution in [-0.4, -0.2) is 21.9 Å². The van der Waals surface area contributed by atoms with Crippen LogP contribution in [0.15, 0.2) is 28.7 Å². The fourth-order valence-corrected chi connectivity index (χ4v) is 2.64. The normalized spacial score (nSPS) is 11.5. The van der Waals surface area contributed by atoms with E-state index in [0.29, 0.717) is 30.4 Å². The summed E-state index contributed by atoms with van der Waals surface area (Å²) in [6.07, 6.45) is 0. The standard InChI is InChI=1S/C17H19FN4O/c1-10-11(2)23-17-15(10)16(19)20-14(21-17)9-22(3)8-12-5-4-6-13(18)7-12/h4-7H,8-9H2,1-3H3,(H2,19,20,21). The minimum Gasteiger partial charge on any atom is -0.443 e. The molecule has 2 aromatic heterocycles. The van der Waals surface area contributed by atoms with E-state index < -0.39 is 0 Å². The first kappa shape index (κ1) is 15.4. The second-order valence-corrected chi connectivity index (χ2v) is 5.79. The molecule has 0 fully saturated rings. The third-order valence-corrected chi connectivity index (χ3v) is 3.86. The van der Waals surface area contributed by atoms with Crippen LogP contribution in [0.1, 0.15) is 22.7 Å². The molecule has 0 aliphatic rings. The first-order valence-electron chi connectivity index (χ1n) is 7.39. The van der Waals surface area contributed by atoms with Gasteiger partial charge in [-0.3, -0.25) is 4.90 Å². The van der Waals surface area contributed by atoms with Gasteiger partial charge in [-0.15, -0.1) is 0 Å². The quantitative estimate of drug-likeness (QED) is 0.801. The number of hydrogen-bond acceptors (Lipinski definition) is 5. The van der Waals surface area contributed by atoms with Crippen LogP contribution in [0.25, 0.3) is 11.1 Å².